The maximum Gasteiger partial charge on any atom is 0.335 e. The van der Waals surface area contributed by atoms with E-state index >= 15 is 0 Å². The van der Waals surface area contributed by atoms with Gasteiger partial charge in [0.25, 0.3) is 5.91 Å². The summed E-state index contributed by atoms with van der Waals surface area (Å²) in [5.74, 6) is -0.556. The third-order valence-electron chi connectivity index (χ3n) is 11.6. The maximum atomic E-state index is 13.0. The molecule has 2 amide bonds. The smallest absolute Gasteiger partial charge is 0.335 e. The van der Waals surface area contributed by atoms with Crippen LogP contribution >= 0.6 is 0 Å². The Morgan fingerprint density at radius 3 is 1.53 bits per heavy atom. The maximum absolute atomic E-state index is 13.0. The zero-order chi connectivity index (χ0) is 49.3. The van der Waals surface area contributed by atoms with E-state index in [4.69, 9.17) is 28.3 Å². The van der Waals surface area contributed by atoms with Crippen LogP contribution in [-0.4, -0.2) is 66.5 Å². The Balaban J connectivity index is 0.000000190. The Labute approximate surface area is 403 Å². The van der Waals surface area contributed by atoms with Gasteiger partial charge in [0, 0.05) is 101 Å². The average molecular weight is 935 g/mol. The van der Waals surface area contributed by atoms with E-state index in [9.17, 15) is 19.2 Å². The molecule has 2 aliphatic heterocycles. The Morgan fingerprint density at radius 1 is 0.586 bits per heavy atom. The fraction of sp³-hybridized carbons (Fsp3) is 0.179. The standard InChI is InChI=1S/C30H25N3O4.C26H25N3O4/c1-4-28(34)36-21-14-11-19(12-15-21)30(35)32-25-18-27-29(23-10-8-7-9-22(23)25)31-24-16-13-20(17-26(24)37-27)33(5-2)6-3;1-4-25(31)32-14-13-24(30)27-21-16-23-26(19-10-8-7-9-18(19)21)28-20-12-11-17(15-22(20)33-23)29(5-2)6-3/h4,7-18H,1,5-6H2,2-3H3;4,7-12,15-16H,1,5-6,13-14H2,2-3H3. The minimum Gasteiger partial charge on any atom is -0.462 e. The monoisotopic (exact) mass is 934 g/mol. The summed E-state index contributed by atoms with van der Waals surface area (Å²) in [6.45, 7) is 18.7. The largest absolute Gasteiger partial charge is 0.462 e. The number of fused-ring (bicyclic) bond motifs is 8. The molecule has 352 valence electrons. The molecule has 9 rings (SSSR count). The van der Waals surface area contributed by atoms with Crippen LogP contribution in [0.1, 0.15) is 44.5 Å². The fourth-order valence-electron chi connectivity index (χ4n) is 8.09. The van der Waals surface area contributed by atoms with Gasteiger partial charge in [-0.25, -0.2) is 29.5 Å². The molecule has 5 aromatic rings. The number of benzene rings is 7. The van der Waals surface area contributed by atoms with E-state index in [0.717, 1.165) is 82.3 Å². The molecule has 0 saturated heterocycles. The number of anilines is 2. The first-order valence-corrected chi connectivity index (χ1v) is 23.0. The van der Waals surface area contributed by atoms with Gasteiger partial charge in [-0.05, 0) is 76.2 Å². The van der Waals surface area contributed by atoms with E-state index in [1.54, 1.807) is 36.4 Å². The van der Waals surface area contributed by atoms with Gasteiger partial charge in [0.2, 0.25) is 5.91 Å². The lowest BCUT2D eigenvalue weighted by molar-refractivity contribution is -0.138. The summed E-state index contributed by atoms with van der Waals surface area (Å²) in [5.41, 5.74) is 6.74. The SMILES string of the molecule is C=CC(=O)OCCC(=O)N=c1cc2oc3cc(N(CC)CC)ccc3nc-2c2ccccc12.C=CC(=O)Oc1ccc(C(=O)N=c2cc3oc4cc(N(CC)CC)ccc4nc-3c3ccccc23)cc1. The summed E-state index contributed by atoms with van der Waals surface area (Å²) in [4.78, 5) is 70.9. The van der Waals surface area contributed by atoms with Crippen molar-refractivity contribution in [2.24, 2.45) is 9.98 Å². The van der Waals surface area contributed by atoms with E-state index in [-0.39, 0.29) is 13.0 Å². The van der Waals surface area contributed by atoms with Gasteiger partial charge in [0.15, 0.2) is 22.7 Å². The van der Waals surface area contributed by atoms with Gasteiger partial charge < -0.3 is 28.1 Å². The summed E-state index contributed by atoms with van der Waals surface area (Å²) in [7, 11) is 0. The fourth-order valence-corrected chi connectivity index (χ4v) is 8.09. The van der Waals surface area contributed by atoms with Gasteiger partial charge in [-0.1, -0.05) is 61.7 Å². The van der Waals surface area contributed by atoms with Crippen molar-refractivity contribution in [1.29, 1.82) is 0 Å². The highest BCUT2D eigenvalue weighted by molar-refractivity contribution is 6.00. The number of ether oxygens (including phenoxy) is 2. The Morgan fingerprint density at radius 2 is 1.06 bits per heavy atom. The molecule has 4 aliphatic rings. The first kappa shape index (κ1) is 47.7. The van der Waals surface area contributed by atoms with Gasteiger partial charge in [-0.3, -0.25) is 9.59 Å². The van der Waals surface area contributed by atoms with Crippen LogP contribution in [0.3, 0.4) is 0 Å². The highest BCUT2D eigenvalue weighted by atomic mass is 16.5. The first-order valence-electron chi connectivity index (χ1n) is 23.0. The van der Waals surface area contributed by atoms with Crippen LogP contribution in [0.2, 0.25) is 0 Å². The molecule has 0 bridgehead atoms. The van der Waals surface area contributed by atoms with Crippen molar-refractivity contribution in [3.63, 3.8) is 0 Å². The molecule has 70 heavy (non-hydrogen) atoms. The lowest BCUT2D eigenvalue weighted by atomic mass is 10.0. The third-order valence-corrected chi connectivity index (χ3v) is 11.6. The molecule has 0 aromatic heterocycles. The highest BCUT2D eigenvalue weighted by Crippen LogP contribution is 2.33. The van der Waals surface area contributed by atoms with Crippen molar-refractivity contribution >= 4 is 78.9 Å². The number of esters is 2. The van der Waals surface area contributed by atoms with E-state index in [0.29, 0.717) is 56.1 Å². The van der Waals surface area contributed by atoms with Crippen molar-refractivity contribution in [3.05, 3.63) is 163 Å². The Hall–Kier alpha value is -8.78. The summed E-state index contributed by atoms with van der Waals surface area (Å²) in [6.07, 6.45) is 2.11. The van der Waals surface area contributed by atoms with Gasteiger partial charge in [-0.2, -0.15) is 0 Å². The topological polar surface area (TPSA) is 170 Å². The number of hydrogen-bond donors (Lipinski definition) is 0. The van der Waals surface area contributed by atoms with Crippen molar-refractivity contribution in [2.45, 2.75) is 34.1 Å². The lowest BCUT2D eigenvalue weighted by Gasteiger charge is -2.21. The van der Waals surface area contributed by atoms with Crippen LogP contribution in [0, 0.1) is 0 Å². The number of aromatic nitrogens is 2. The second-order valence-electron chi connectivity index (χ2n) is 15.8. The highest BCUT2D eigenvalue weighted by Gasteiger charge is 2.19. The summed E-state index contributed by atoms with van der Waals surface area (Å²) in [5, 5.41) is 4.25. The molecule has 0 spiro atoms. The van der Waals surface area contributed by atoms with Crippen molar-refractivity contribution in [2.75, 3.05) is 42.6 Å². The Bertz CT molecular complexity index is 3530. The zero-order valence-electron chi connectivity index (χ0n) is 39.3. The minimum atomic E-state index is -0.570. The summed E-state index contributed by atoms with van der Waals surface area (Å²) < 4.78 is 22.5. The van der Waals surface area contributed by atoms with Gasteiger partial charge in [0.05, 0.1) is 17.1 Å². The summed E-state index contributed by atoms with van der Waals surface area (Å²) in [6, 6.07) is 37.0. The molecule has 0 unspecified atom stereocenters. The van der Waals surface area contributed by atoms with Crippen LogP contribution in [0.4, 0.5) is 11.4 Å². The summed E-state index contributed by atoms with van der Waals surface area (Å²) >= 11 is 0. The van der Waals surface area contributed by atoms with E-state index in [1.807, 2.05) is 78.9 Å². The second-order valence-corrected chi connectivity index (χ2v) is 15.8. The molecule has 0 N–H and O–H groups in total. The predicted octanol–water partition coefficient (Wildman–Crippen LogP) is 10.2. The normalized spacial score (nSPS) is 11.7. The quantitative estimate of drug-likeness (QED) is 0.0353. The van der Waals surface area contributed by atoms with Crippen molar-refractivity contribution < 1.29 is 37.5 Å². The van der Waals surface area contributed by atoms with E-state index < -0.39 is 23.8 Å². The first-order chi connectivity index (χ1) is 34.0. The predicted molar refractivity (Wildman–Crippen MR) is 272 cm³/mol. The number of nitrogens with zero attached hydrogens (tertiary/aromatic N) is 6. The number of rotatable bonds is 13. The van der Waals surface area contributed by atoms with Gasteiger partial charge in [0.1, 0.15) is 34.8 Å². The molecule has 0 saturated carbocycles. The molecular weight excluding hydrogens is 885 g/mol. The molecule has 14 heteroatoms. The third kappa shape index (κ3) is 10.4. The van der Waals surface area contributed by atoms with Crippen LogP contribution in [0.15, 0.2) is 165 Å². The number of hydrogen-bond acceptors (Lipinski definition) is 12. The lowest BCUT2D eigenvalue weighted by Crippen LogP contribution is -2.21. The van der Waals surface area contributed by atoms with Crippen LogP contribution in [0.25, 0.3) is 66.7 Å². The molecule has 0 atom stereocenters. The minimum absolute atomic E-state index is 0.0215. The average Bonchev–Trinajstić information content (AvgIpc) is 3.38. The van der Waals surface area contributed by atoms with Crippen molar-refractivity contribution in [1.82, 2.24) is 9.97 Å². The van der Waals surface area contributed by atoms with Gasteiger partial charge >= 0.3 is 11.9 Å². The molecule has 2 heterocycles. The number of carbonyl (C=O) groups excluding carboxylic acids is 4. The van der Waals surface area contributed by atoms with E-state index in [2.05, 4.69) is 66.7 Å². The molecule has 2 aliphatic carbocycles. The molecular formula is C56H50N6O8. The Kier molecular flexibility index (Phi) is 14.6. The second kappa shape index (κ2) is 21.5. The van der Waals surface area contributed by atoms with E-state index in [1.165, 1.54) is 0 Å². The molecule has 0 fully saturated rings. The van der Waals surface area contributed by atoms with Gasteiger partial charge in [-0.15, -0.1) is 0 Å². The van der Waals surface area contributed by atoms with Crippen LogP contribution in [0.5, 0.6) is 5.75 Å². The molecule has 14 nitrogen and oxygen atoms in total. The zero-order valence-corrected chi connectivity index (χ0v) is 39.3. The van der Waals surface area contributed by atoms with Crippen molar-refractivity contribution in [3.8, 4) is 28.7 Å². The number of carbonyl (C=O) groups is 4. The number of amides is 2. The molecule has 5 aromatic carbocycles. The van der Waals surface area contributed by atoms with Crippen LogP contribution in [-0.2, 0) is 19.1 Å². The van der Waals surface area contributed by atoms with Crippen LogP contribution < -0.4 is 25.3 Å². The molecule has 0 radical (unpaired) electrons.